The molecule has 5 nitrogen and oxygen atoms in total. The van der Waals surface area contributed by atoms with E-state index in [4.69, 9.17) is 19.2 Å². The Kier molecular flexibility index (Phi) is 7.41. The summed E-state index contributed by atoms with van der Waals surface area (Å²) in [5.74, 6) is 3.39. The van der Waals surface area contributed by atoms with E-state index in [1.54, 1.807) is 7.11 Å². The molecule has 0 atom stereocenters. The number of para-hydroxylation sites is 2. The molecule has 0 aliphatic heterocycles. The fourth-order valence-electron chi connectivity index (χ4n) is 3.94. The van der Waals surface area contributed by atoms with Crippen molar-refractivity contribution in [2.45, 2.75) is 52.2 Å². The largest absolute Gasteiger partial charge is 0.497 e. The van der Waals surface area contributed by atoms with Crippen LogP contribution in [0.1, 0.15) is 45.0 Å². The van der Waals surface area contributed by atoms with Crippen molar-refractivity contribution in [1.29, 1.82) is 0 Å². The molecule has 0 spiro atoms. The fraction of sp³-hybridized carbons (Fsp3) is 0.345. The molecule has 1 aromatic heterocycles. The van der Waals surface area contributed by atoms with Crippen molar-refractivity contribution in [2.24, 2.45) is 0 Å². The first kappa shape index (κ1) is 23.7. The van der Waals surface area contributed by atoms with Gasteiger partial charge in [-0.15, -0.1) is 0 Å². The van der Waals surface area contributed by atoms with Gasteiger partial charge in [-0.05, 0) is 60.2 Å². The highest BCUT2D eigenvalue weighted by Gasteiger charge is 2.13. The number of hydrogen-bond donors (Lipinski definition) is 0. The standard InChI is InChI=1S/C29H34N2O3/c1-29(2,3)22-14-16-23(17-15-22)33-19-8-7-18-31-27-13-6-5-12-26(27)30-28(31)21-34-25-11-9-10-24(20-25)32-4/h5-6,9-17,20H,7-8,18-19,21H2,1-4H3. The summed E-state index contributed by atoms with van der Waals surface area (Å²) in [6, 6.07) is 24.3. The summed E-state index contributed by atoms with van der Waals surface area (Å²) in [6.45, 7) is 8.62. The van der Waals surface area contributed by atoms with E-state index in [0.29, 0.717) is 13.2 Å². The molecule has 34 heavy (non-hydrogen) atoms. The van der Waals surface area contributed by atoms with Crippen LogP contribution in [-0.2, 0) is 18.6 Å². The van der Waals surface area contributed by atoms with Gasteiger partial charge in [0.05, 0.1) is 24.8 Å². The third-order valence-corrected chi connectivity index (χ3v) is 5.91. The van der Waals surface area contributed by atoms with Gasteiger partial charge in [-0.2, -0.15) is 0 Å². The average molecular weight is 459 g/mol. The third-order valence-electron chi connectivity index (χ3n) is 5.91. The maximum absolute atomic E-state index is 6.04. The number of fused-ring (bicyclic) bond motifs is 1. The summed E-state index contributed by atoms with van der Waals surface area (Å²) in [5, 5.41) is 0. The average Bonchev–Trinajstić information content (AvgIpc) is 3.20. The van der Waals surface area contributed by atoms with Crippen LogP contribution in [-0.4, -0.2) is 23.3 Å². The lowest BCUT2D eigenvalue weighted by Crippen LogP contribution is -2.10. The van der Waals surface area contributed by atoms with Crippen molar-refractivity contribution in [3.05, 3.63) is 84.2 Å². The van der Waals surface area contributed by atoms with Crippen LogP contribution < -0.4 is 14.2 Å². The van der Waals surface area contributed by atoms with Crippen LogP contribution in [0.5, 0.6) is 17.2 Å². The highest BCUT2D eigenvalue weighted by molar-refractivity contribution is 5.75. The Balaban J connectivity index is 1.34. The third kappa shape index (κ3) is 5.90. The molecule has 0 aliphatic rings. The summed E-state index contributed by atoms with van der Waals surface area (Å²) in [7, 11) is 1.66. The minimum atomic E-state index is 0.153. The Morgan fingerprint density at radius 2 is 1.56 bits per heavy atom. The molecule has 0 saturated heterocycles. The molecule has 0 bridgehead atoms. The number of rotatable bonds is 10. The molecule has 0 unspecified atom stereocenters. The van der Waals surface area contributed by atoms with Gasteiger partial charge in [-0.3, -0.25) is 0 Å². The first-order chi connectivity index (χ1) is 16.4. The molecular formula is C29H34N2O3. The zero-order chi connectivity index (χ0) is 24.0. The molecule has 4 aromatic rings. The highest BCUT2D eigenvalue weighted by Crippen LogP contribution is 2.25. The minimum Gasteiger partial charge on any atom is -0.497 e. The van der Waals surface area contributed by atoms with Gasteiger partial charge in [0, 0.05) is 12.6 Å². The Labute approximate surface area is 202 Å². The van der Waals surface area contributed by atoms with Gasteiger partial charge in [0.2, 0.25) is 0 Å². The van der Waals surface area contributed by atoms with Crippen LogP contribution >= 0.6 is 0 Å². The normalized spacial score (nSPS) is 11.5. The smallest absolute Gasteiger partial charge is 0.147 e. The number of imidazole rings is 1. The minimum absolute atomic E-state index is 0.153. The lowest BCUT2D eigenvalue weighted by atomic mass is 9.87. The van der Waals surface area contributed by atoms with Crippen LogP contribution in [0, 0.1) is 0 Å². The maximum atomic E-state index is 6.04. The SMILES string of the molecule is COc1cccc(OCc2nc3ccccc3n2CCCCOc2ccc(C(C)(C)C)cc2)c1. The number of aryl methyl sites for hydroxylation is 1. The molecule has 0 radical (unpaired) electrons. The van der Waals surface area contributed by atoms with Gasteiger partial charge < -0.3 is 18.8 Å². The second-order valence-electron chi connectivity index (χ2n) is 9.47. The Bertz CT molecular complexity index is 1210. The van der Waals surface area contributed by atoms with Crippen LogP contribution in [0.3, 0.4) is 0 Å². The van der Waals surface area contributed by atoms with Crippen molar-refractivity contribution in [1.82, 2.24) is 9.55 Å². The van der Waals surface area contributed by atoms with E-state index < -0.39 is 0 Å². The monoisotopic (exact) mass is 458 g/mol. The molecule has 3 aromatic carbocycles. The number of unbranched alkanes of at least 4 members (excludes halogenated alkanes) is 1. The van der Waals surface area contributed by atoms with Crippen LogP contribution in [0.4, 0.5) is 0 Å². The number of nitrogens with zero attached hydrogens (tertiary/aromatic N) is 2. The zero-order valence-electron chi connectivity index (χ0n) is 20.6. The van der Waals surface area contributed by atoms with E-state index in [9.17, 15) is 0 Å². The zero-order valence-corrected chi connectivity index (χ0v) is 20.6. The Morgan fingerprint density at radius 1 is 0.794 bits per heavy atom. The Morgan fingerprint density at radius 3 is 2.32 bits per heavy atom. The summed E-state index contributed by atoms with van der Waals surface area (Å²) >= 11 is 0. The van der Waals surface area contributed by atoms with Crippen molar-refractivity contribution >= 4 is 11.0 Å². The number of benzene rings is 3. The Hall–Kier alpha value is -3.47. The molecule has 0 saturated carbocycles. The highest BCUT2D eigenvalue weighted by atomic mass is 16.5. The van der Waals surface area contributed by atoms with Crippen molar-refractivity contribution in [2.75, 3.05) is 13.7 Å². The predicted molar refractivity (Wildman–Crippen MR) is 137 cm³/mol. The van der Waals surface area contributed by atoms with E-state index in [0.717, 1.165) is 53.5 Å². The molecule has 5 heteroatoms. The number of hydrogen-bond acceptors (Lipinski definition) is 4. The molecule has 178 valence electrons. The van der Waals surface area contributed by atoms with Crippen molar-refractivity contribution < 1.29 is 14.2 Å². The van der Waals surface area contributed by atoms with E-state index in [-0.39, 0.29) is 5.41 Å². The lowest BCUT2D eigenvalue weighted by Gasteiger charge is -2.19. The van der Waals surface area contributed by atoms with Gasteiger partial charge in [0.15, 0.2) is 0 Å². The summed E-state index contributed by atoms with van der Waals surface area (Å²) in [5.41, 5.74) is 3.59. The van der Waals surface area contributed by atoms with Gasteiger partial charge >= 0.3 is 0 Å². The van der Waals surface area contributed by atoms with Gasteiger partial charge in [-0.25, -0.2) is 4.98 Å². The maximum Gasteiger partial charge on any atom is 0.147 e. The van der Waals surface area contributed by atoms with E-state index in [2.05, 4.69) is 61.7 Å². The molecule has 0 N–H and O–H groups in total. The van der Waals surface area contributed by atoms with E-state index in [1.165, 1.54) is 5.56 Å². The second kappa shape index (κ2) is 10.6. The number of methoxy groups -OCH3 is 1. The number of ether oxygens (including phenoxy) is 3. The van der Waals surface area contributed by atoms with E-state index in [1.807, 2.05) is 36.4 Å². The molecular weight excluding hydrogens is 424 g/mol. The molecule has 1 heterocycles. The first-order valence-corrected chi connectivity index (χ1v) is 11.9. The predicted octanol–water partition coefficient (Wildman–Crippen LogP) is 6.78. The summed E-state index contributed by atoms with van der Waals surface area (Å²) in [6.07, 6.45) is 1.95. The second-order valence-corrected chi connectivity index (χ2v) is 9.47. The fourth-order valence-corrected chi connectivity index (χ4v) is 3.94. The summed E-state index contributed by atoms with van der Waals surface area (Å²) < 4.78 is 19.6. The molecule has 0 amide bonds. The van der Waals surface area contributed by atoms with Gasteiger partial charge in [0.25, 0.3) is 0 Å². The quantitative estimate of drug-likeness (QED) is 0.246. The van der Waals surface area contributed by atoms with E-state index >= 15 is 0 Å². The molecule has 0 fully saturated rings. The first-order valence-electron chi connectivity index (χ1n) is 11.9. The van der Waals surface area contributed by atoms with Crippen LogP contribution in [0.15, 0.2) is 72.8 Å². The van der Waals surface area contributed by atoms with Gasteiger partial charge in [-0.1, -0.05) is 51.1 Å². The van der Waals surface area contributed by atoms with Gasteiger partial charge in [0.1, 0.15) is 29.7 Å². The topological polar surface area (TPSA) is 45.5 Å². The summed E-state index contributed by atoms with van der Waals surface area (Å²) in [4.78, 5) is 4.82. The van der Waals surface area contributed by atoms with Crippen molar-refractivity contribution in [3.63, 3.8) is 0 Å². The number of aromatic nitrogens is 2. The molecule has 0 aliphatic carbocycles. The van der Waals surface area contributed by atoms with Crippen molar-refractivity contribution in [3.8, 4) is 17.2 Å². The van der Waals surface area contributed by atoms with Crippen LogP contribution in [0.25, 0.3) is 11.0 Å². The van der Waals surface area contributed by atoms with Crippen LogP contribution in [0.2, 0.25) is 0 Å². The lowest BCUT2D eigenvalue weighted by molar-refractivity contribution is 0.283. The molecule has 4 rings (SSSR count).